The van der Waals surface area contributed by atoms with Gasteiger partial charge in [0.05, 0.1) is 12.9 Å². The lowest BCUT2D eigenvalue weighted by Crippen LogP contribution is -2.39. The van der Waals surface area contributed by atoms with Crippen LogP contribution in [0.2, 0.25) is 0 Å². The van der Waals surface area contributed by atoms with Crippen LogP contribution < -0.4 is 10.6 Å². The number of furan rings is 1. The molecule has 1 aliphatic rings. The Morgan fingerprint density at radius 2 is 2.04 bits per heavy atom. The average Bonchev–Trinajstić information content (AvgIpc) is 3.28. The average molecular weight is 465 g/mol. The molecule has 3 N–H and O–H groups in total. The molecule has 0 aromatic carbocycles. The third-order valence-electron chi connectivity index (χ3n) is 4.15. The molecule has 0 amide bonds. The molecule has 0 spiro atoms. The standard InChI is InChI=1S/C18H31N3O3.HI/c22-11-4-2-1-3-9-19-18(21-14-16-8-13-23-15-16)20-10-7-17-6-5-12-24-17;/h5-6,12,16,22H,1-4,7-11,13-15H2,(H2,19,20,21);1H. The first-order chi connectivity index (χ1) is 11.9. The summed E-state index contributed by atoms with van der Waals surface area (Å²) in [6, 6.07) is 3.90. The zero-order valence-corrected chi connectivity index (χ0v) is 17.2. The normalized spacial score (nSPS) is 17.3. The van der Waals surface area contributed by atoms with E-state index in [0.717, 1.165) is 83.1 Å². The summed E-state index contributed by atoms with van der Waals surface area (Å²) in [5.41, 5.74) is 0. The van der Waals surface area contributed by atoms with Crippen molar-refractivity contribution in [2.75, 3.05) is 39.5 Å². The monoisotopic (exact) mass is 465 g/mol. The van der Waals surface area contributed by atoms with E-state index in [2.05, 4.69) is 10.6 Å². The Kier molecular flexibility index (Phi) is 12.8. The molecule has 1 unspecified atom stereocenters. The van der Waals surface area contributed by atoms with Crippen molar-refractivity contribution in [3.63, 3.8) is 0 Å². The van der Waals surface area contributed by atoms with Crippen LogP contribution in [0.4, 0.5) is 0 Å². The lowest BCUT2D eigenvalue weighted by molar-refractivity contribution is 0.187. The summed E-state index contributed by atoms with van der Waals surface area (Å²) in [7, 11) is 0. The Morgan fingerprint density at radius 3 is 2.76 bits per heavy atom. The SMILES string of the molecule is I.OCCCCCCNC(=NCC1CCOC1)NCCc1ccco1. The van der Waals surface area contributed by atoms with Gasteiger partial charge in [-0.05, 0) is 31.4 Å². The number of ether oxygens (including phenoxy) is 1. The van der Waals surface area contributed by atoms with Crippen molar-refractivity contribution in [2.24, 2.45) is 10.9 Å². The second-order valence-electron chi connectivity index (χ2n) is 6.24. The number of hydrogen-bond donors (Lipinski definition) is 3. The highest BCUT2D eigenvalue weighted by Crippen LogP contribution is 2.12. The van der Waals surface area contributed by atoms with Crippen LogP contribution in [0.15, 0.2) is 27.8 Å². The minimum Gasteiger partial charge on any atom is -0.469 e. The molecule has 2 heterocycles. The summed E-state index contributed by atoms with van der Waals surface area (Å²) in [5.74, 6) is 2.39. The topological polar surface area (TPSA) is 79.0 Å². The molecule has 144 valence electrons. The summed E-state index contributed by atoms with van der Waals surface area (Å²) in [5, 5.41) is 15.6. The molecular weight excluding hydrogens is 433 g/mol. The van der Waals surface area contributed by atoms with Crippen molar-refractivity contribution in [3.05, 3.63) is 24.2 Å². The van der Waals surface area contributed by atoms with E-state index in [4.69, 9.17) is 19.3 Å². The maximum Gasteiger partial charge on any atom is 0.191 e. The van der Waals surface area contributed by atoms with E-state index < -0.39 is 0 Å². The molecule has 1 aromatic rings. The molecule has 2 rings (SSSR count). The molecule has 1 aromatic heterocycles. The minimum absolute atomic E-state index is 0. The predicted octanol–water partition coefficient (Wildman–Crippen LogP) is 2.56. The summed E-state index contributed by atoms with van der Waals surface area (Å²) in [6.07, 6.45) is 7.84. The molecule has 0 radical (unpaired) electrons. The maximum atomic E-state index is 8.80. The highest BCUT2D eigenvalue weighted by atomic mass is 127. The molecule has 1 atom stereocenters. The third-order valence-corrected chi connectivity index (χ3v) is 4.15. The highest BCUT2D eigenvalue weighted by Gasteiger charge is 2.15. The van der Waals surface area contributed by atoms with Gasteiger partial charge in [-0.15, -0.1) is 24.0 Å². The van der Waals surface area contributed by atoms with Gasteiger partial charge in [0.25, 0.3) is 0 Å². The van der Waals surface area contributed by atoms with E-state index in [1.165, 1.54) is 0 Å². The van der Waals surface area contributed by atoms with Gasteiger partial charge in [-0.25, -0.2) is 0 Å². The van der Waals surface area contributed by atoms with Gasteiger partial charge in [0.2, 0.25) is 0 Å². The van der Waals surface area contributed by atoms with Gasteiger partial charge in [-0.1, -0.05) is 12.8 Å². The van der Waals surface area contributed by atoms with Gasteiger partial charge in [0, 0.05) is 45.2 Å². The van der Waals surface area contributed by atoms with Crippen molar-refractivity contribution in [3.8, 4) is 0 Å². The number of nitrogens with one attached hydrogen (secondary N) is 2. The van der Waals surface area contributed by atoms with Gasteiger partial charge < -0.3 is 24.9 Å². The quantitative estimate of drug-likeness (QED) is 0.203. The predicted molar refractivity (Wildman–Crippen MR) is 111 cm³/mol. The number of guanidine groups is 1. The van der Waals surface area contributed by atoms with Crippen LogP contribution in [0.25, 0.3) is 0 Å². The van der Waals surface area contributed by atoms with Gasteiger partial charge in [-0.3, -0.25) is 4.99 Å². The smallest absolute Gasteiger partial charge is 0.191 e. The minimum atomic E-state index is 0. The highest BCUT2D eigenvalue weighted by molar-refractivity contribution is 14.0. The molecule has 0 bridgehead atoms. The van der Waals surface area contributed by atoms with E-state index >= 15 is 0 Å². The Labute approximate surface area is 167 Å². The molecule has 25 heavy (non-hydrogen) atoms. The van der Waals surface area contributed by atoms with Crippen LogP contribution in [0, 0.1) is 5.92 Å². The van der Waals surface area contributed by atoms with E-state index in [9.17, 15) is 0 Å². The van der Waals surface area contributed by atoms with Crippen LogP contribution in [0.1, 0.15) is 37.9 Å². The van der Waals surface area contributed by atoms with E-state index in [-0.39, 0.29) is 30.6 Å². The fraction of sp³-hybridized carbons (Fsp3) is 0.722. The summed E-state index contributed by atoms with van der Waals surface area (Å²) >= 11 is 0. The number of unbranched alkanes of at least 4 members (excludes halogenated alkanes) is 3. The van der Waals surface area contributed by atoms with Crippen LogP contribution in [0.3, 0.4) is 0 Å². The van der Waals surface area contributed by atoms with E-state index in [1.54, 1.807) is 6.26 Å². The molecule has 1 saturated heterocycles. The third kappa shape index (κ3) is 10.1. The number of aliphatic hydroxyl groups is 1. The van der Waals surface area contributed by atoms with Crippen molar-refractivity contribution in [2.45, 2.75) is 38.5 Å². The van der Waals surface area contributed by atoms with E-state index in [0.29, 0.717) is 5.92 Å². The van der Waals surface area contributed by atoms with Crippen molar-refractivity contribution < 1.29 is 14.3 Å². The van der Waals surface area contributed by atoms with Gasteiger partial charge in [0.15, 0.2) is 5.96 Å². The number of halogens is 1. The van der Waals surface area contributed by atoms with Gasteiger partial charge in [-0.2, -0.15) is 0 Å². The summed E-state index contributed by atoms with van der Waals surface area (Å²) in [6.45, 7) is 4.48. The largest absolute Gasteiger partial charge is 0.469 e. The van der Waals surface area contributed by atoms with Crippen molar-refractivity contribution in [1.29, 1.82) is 0 Å². The first-order valence-corrected chi connectivity index (χ1v) is 9.11. The van der Waals surface area contributed by atoms with Crippen LogP contribution >= 0.6 is 24.0 Å². The molecule has 1 fully saturated rings. The Morgan fingerprint density at radius 1 is 1.20 bits per heavy atom. The Hall–Kier alpha value is -0.800. The maximum absolute atomic E-state index is 8.80. The number of aliphatic hydroxyl groups excluding tert-OH is 1. The van der Waals surface area contributed by atoms with Crippen LogP contribution in [-0.4, -0.2) is 50.5 Å². The van der Waals surface area contributed by atoms with E-state index in [1.807, 2.05) is 12.1 Å². The second kappa shape index (κ2) is 14.4. The van der Waals surface area contributed by atoms with Crippen LogP contribution in [-0.2, 0) is 11.2 Å². The molecule has 0 saturated carbocycles. The second-order valence-corrected chi connectivity index (χ2v) is 6.24. The first kappa shape index (κ1) is 22.2. The Balaban J connectivity index is 0.00000312. The lowest BCUT2D eigenvalue weighted by atomic mass is 10.1. The number of aliphatic imine (C=N–C) groups is 1. The van der Waals surface area contributed by atoms with Gasteiger partial charge in [0.1, 0.15) is 5.76 Å². The van der Waals surface area contributed by atoms with Crippen molar-refractivity contribution in [1.82, 2.24) is 10.6 Å². The molecule has 6 nitrogen and oxygen atoms in total. The first-order valence-electron chi connectivity index (χ1n) is 9.11. The molecule has 0 aliphatic carbocycles. The zero-order valence-electron chi connectivity index (χ0n) is 14.9. The lowest BCUT2D eigenvalue weighted by Gasteiger charge is -2.13. The number of hydrogen-bond acceptors (Lipinski definition) is 4. The zero-order chi connectivity index (χ0) is 16.9. The summed E-state index contributed by atoms with van der Waals surface area (Å²) in [4.78, 5) is 4.70. The molecule has 7 heteroatoms. The van der Waals surface area contributed by atoms with Crippen molar-refractivity contribution >= 4 is 29.9 Å². The molecular formula is C18H32IN3O3. The number of nitrogens with zero attached hydrogens (tertiary/aromatic N) is 1. The number of rotatable bonds is 11. The Bertz CT molecular complexity index is 448. The van der Waals surface area contributed by atoms with Crippen LogP contribution in [0.5, 0.6) is 0 Å². The summed E-state index contributed by atoms with van der Waals surface area (Å²) < 4.78 is 10.8. The fourth-order valence-electron chi connectivity index (χ4n) is 2.68. The van der Waals surface area contributed by atoms with Gasteiger partial charge >= 0.3 is 0 Å². The fourth-order valence-corrected chi connectivity index (χ4v) is 2.68. The molecule has 1 aliphatic heterocycles.